The number of fused-ring (bicyclic) bond motifs is 2. The average molecular weight is 331 g/mol. The predicted molar refractivity (Wildman–Crippen MR) is 93.8 cm³/mol. The van der Waals surface area contributed by atoms with Crippen molar-refractivity contribution in [2.24, 2.45) is 0 Å². The van der Waals surface area contributed by atoms with Crippen LogP contribution in [-0.2, 0) is 11.2 Å². The molecular formula is C18H19ClN2O2. The normalized spacial score (nSPS) is 17.8. The third-order valence-corrected chi connectivity index (χ3v) is 4.36. The van der Waals surface area contributed by atoms with Crippen molar-refractivity contribution in [2.75, 3.05) is 23.8 Å². The summed E-state index contributed by atoms with van der Waals surface area (Å²) in [7, 11) is 0. The van der Waals surface area contributed by atoms with E-state index in [2.05, 4.69) is 16.7 Å². The Morgan fingerprint density at radius 3 is 3.00 bits per heavy atom. The number of carbonyl (C=O) groups excluding carboxylic acids is 1. The van der Waals surface area contributed by atoms with Crippen LogP contribution in [0.3, 0.4) is 0 Å². The van der Waals surface area contributed by atoms with Crippen molar-refractivity contribution in [2.45, 2.75) is 18.8 Å². The SMILES string of the molecule is Cl.O=C(Nc1ccc2c(c1)CCN2)C1CCOc2ccccc21. The van der Waals surface area contributed by atoms with Crippen molar-refractivity contribution >= 4 is 29.7 Å². The van der Waals surface area contributed by atoms with Crippen LogP contribution in [0.2, 0.25) is 0 Å². The molecule has 0 spiro atoms. The van der Waals surface area contributed by atoms with Gasteiger partial charge in [0, 0.05) is 23.5 Å². The van der Waals surface area contributed by atoms with Crippen LogP contribution in [0.5, 0.6) is 5.75 Å². The average Bonchev–Trinajstić information content (AvgIpc) is 3.02. The fourth-order valence-corrected chi connectivity index (χ4v) is 3.23. The van der Waals surface area contributed by atoms with E-state index in [1.165, 1.54) is 11.3 Å². The molecular weight excluding hydrogens is 312 g/mol. The molecule has 2 aliphatic rings. The maximum absolute atomic E-state index is 12.6. The van der Waals surface area contributed by atoms with Crippen LogP contribution in [0.15, 0.2) is 42.5 Å². The highest BCUT2D eigenvalue weighted by Crippen LogP contribution is 2.34. The molecule has 0 bridgehead atoms. The molecule has 0 saturated carbocycles. The van der Waals surface area contributed by atoms with Crippen molar-refractivity contribution in [3.63, 3.8) is 0 Å². The minimum atomic E-state index is -0.142. The Hall–Kier alpha value is -2.20. The second kappa shape index (κ2) is 6.50. The molecule has 23 heavy (non-hydrogen) atoms. The number of anilines is 2. The Morgan fingerprint density at radius 1 is 1.22 bits per heavy atom. The second-order valence-corrected chi connectivity index (χ2v) is 5.77. The Balaban J connectivity index is 0.00000156. The number of rotatable bonds is 2. The van der Waals surface area contributed by atoms with Crippen LogP contribution in [-0.4, -0.2) is 19.1 Å². The fourth-order valence-electron chi connectivity index (χ4n) is 3.23. The van der Waals surface area contributed by atoms with E-state index in [-0.39, 0.29) is 24.2 Å². The van der Waals surface area contributed by atoms with Crippen LogP contribution in [0, 0.1) is 0 Å². The van der Waals surface area contributed by atoms with Crippen molar-refractivity contribution in [1.82, 2.24) is 0 Å². The monoisotopic (exact) mass is 330 g/mol. The number of hydrogen-bond donors (Lipinski definition) is 2. The van der Waals surface area contributed by atoms with E-state index >= 15 is 0 Å². The van der Waals surface area contributed by atoms with Crippen LogP contribution in [0.25, 0.3) is 0 Å². The lowest BCUT2D eigenvalue weighted by atomic mass is 9.92. The van der Waals surface area contributed by atoms with Gasteiger partial charge in [-0.1, -0.05) is 18.2 Å². The number of ether oxygens (including phenoxy) is 1. The lowest BCUT2D eigenvalue weighted by Crippen LogP contribution is -2.26. The molecule has 1 amide bonds. The molecule has 2 N–H and O–H groups in total. The van der Waals surface area contributed by atoms with Crippen molar-refractivity contribution < 1.29 is 9.53 Å². The smallest absolute Gasteiger partial charge is 0.232 e. The minimum absolute atomic E-state index is 0. The van der Waals surface area contributed by atoms with E-state index in [4.69, 9.17) is 4.74 Å². The molecule has 0 radical (unpaired) electrons. The van der Waals surface area contributed by atoms with Gasteiger partial charge in [0.25, 0.3) is 0 Å². The van der Waals surface area contributed by atoms with E-state index in [9.17, 15) is 4.79 Å². The molecule has 4 rings (SSSR count). The van der Waals surface area contributed by atoms with Crippen LogP contribution >= 0.6 is 12.4 Å². The van der Waals surface area contributed by atoms with Crippen molar-refractivity contribution in [1.29, 1.82) is 0 Å². The summed E-state index contributed by atoms with van der Waals surface area (Å²) >= 11 is 0. The molecule has 5 heteroatoms. The number of halogens is 1. The number of carbonyl (C=O) groups is 1. The van der Waals surface area contributed by atoms with Gasteiger partial charge in [0.1, 0.15) is 5.75 Å². The molecule has 0 aromatic heterocycles. The highest BCUT2D eigenvalue weighted by atomic mass is 35.5. The molecule has 0 aliphatic carbocycles. The van der Waals surface area contributed by atoms with E-state index in [0.29, 0.717) is 6.61 Å². The molecule has 2 aliphatic heterocycles. The standard InChI is InChI=1S/C18H18N2O2.ClH/c21-18(15-8-10-22-17-4-2-1-3-14(15)17)20-13-5-6-16-12(11-13)7-9-19-16;/h1-6,11,15,19H,7-10H2,(H,20,21);1H. The summed E-state index contributed by atoms with van der Waals surface area (Å²) in [6.45, 7) is 1.56. The molecule has 2 heterocycles. The van der Waals surface area contributed by atoms with Crippen molar-refractivity contribution in [3.8, 4) is 5.75 Å². The van der Waals surface area contributed by atoms with Crippen molar-refractivity contribution in [3.05, 3.63) is 53.6 Å². The van der Waals surface area contributed by atoms with Gasteiger partial charge < -0.3 is 15.4 Å². The summed E-state index contributed by atoms with van der Waals surface area (Å²) in [5, 5.41) is 6.39. The maximum Gasteiger partial charge on any atom is 0.232 e. The zero-order chi connectivity index (χ0) is 14.9. The van der Waals surface area contributed by atoms with Gasteiger partial charge in [0.15, 0.2) is 0 Å². The van der Waals surface area contributed by atoms with Gasteiger partial charge >= 0.3 is 0 Å². The van der Waals surface area contributed by atoms with Gasteiger partial charge in [-0.2, -0.15) is 0 Å². The maximum atomic E-state index is 12.6. The van der Waals surface area contributed by atoms with Gasteiger partial charge in [0.05, 0.1) is 12.5 Å². The highest BCUT2D eigenvalue weighted by molar-refractivity contribution is 5.96. The third kappa shape index (κ3) is 2.99. The van der Waals surface area contributed by atoms with Crippen LogP contribution in [0.4, 0.5) is 11.4 Å². The molecule has 4 nitrogen and oxygen atoms in total. The van der Waals surface area contributed by atoms with Gasteiger partial charge in [-0.15, -0.1) is 12.4 Å². The molecule has 0 saturated heterocycles. The van der Waals surface area contributed by atoms with E-state index < -0.39 is 0 Å². The van der Waals surface area contributed by atoms with E-state index in [0.717, 1.165) is 36.4 Å². The predicted octanol–water partition coefficient (Wildman–Crippen LogP) is 3.58. The summed E-state index contributed by atoms with van der Waals surface area (Å²) in [6.07, 6.45) is 1.73. The number of benzene rings is 2. The Labute approximate surface area is 141 Å². The molecule has 2 aromatic rings. The Morgan fingerprint density at radius 2 is 2.09 bits per heavy atom. The molecule has 120 valence electrons. The Kier molecular flexibility index (Phi) is 4.44. The summed E-state index contributed by atoms with van der Waals surface area (Å²) in [5.41, 5.74) is 4.30. The summed E-state index contributed by atoms with van der Waals surface area (Å²) in [4.78, 5) is 12.6. The number of amides is 1. The zero-order valence-corrected chi connectivity index (χ0v) is 13.5. The summed E-state index contributed by atoms with van der Waals surface area (Å²) in [6, 6.07) is 13.9. The summed E-state index contributed by atoms with van der Waals surface area (Å²) in [5.74, 6) is 0.727. The highest BCUT2D eigenvalue weighted by Gasteiger charge is 2.27. The third-order valence-electron chi connectivity index (χ3n) is 4.36. The molecule has 1 unspecified atom stereocenters. The van der Waals surface area contributed by atoms with E-state index in [1.807, 2.05) is 36.4 Å². The molecule has 0 fully saturated rings. The topological polar surface area (TPSA) is 50.4 Å². The lowest BCUT2D eigenvalue weighted by Gasteiger charge is -2.25. The van der Waals surface area contributed by atoms with Gasteiger partial charge in [-0.3, -0.25) is 4.79 Å². The first-order valence-corrected chi connectivity index (χ1v) is 7.71. The summed E-state index contributed by atoms with van der Waals surface area (Å²) < 4.78 is 5.63. The largest absolute Gasteiger partial charge is 0.493 e. The first-order valence-electron chi connectivity index (χ1n) is 7.71. The molecule has 1 atom stereocenters. The second-order valence-electron chi connectivity index (χ2n) is 5.77. The zero-order valence-electron chi connectivity index (χ0n) is 12.7. The van der Waals surface area contributed by atoms with Crippen LogP contribution in [0.1, 0.15) is 23.5 Å². The van der Waals surface area contributed by atoms with E-state index in [1.54, 1.807) is 0 Å². The number of para-hydroxylation sites is 1. The molecule has 2 aromatic carbocycles. The quantitative estimate of drug-likeness (QED) is 0.885. The Bertz CT molecular complexity index is 733. The lowest BCUT2D eigenvalue weighted by molar-refractivity contribution is -0.118. The van der Waals surface area contributed by atoms with Gasteiger partial charge in [0.2, 0.25) is 5.91 Å². The first kappa shape index (κ1) is 15.7. The fraction of sp³-hybridized carbons (Fsp3) is 0.278. The minimum Gasteiger partial charge on any atom is -0.493 e. The number of hydrogen-bond acceptors (Lipinski definition) is 3. The number of nitrogens with one attached hydrogen (secondary N) is 2. The van der Waals surface area contributed by atoms with Crippen LogP contribution < -0.4 is 15.4 Å². The first-order chi connectivity index (χ1) is 10.8. The van der Waals surface area contributed by atoms with Gasteiger partial charge in [-0.25, -0.2) is 0 Å². The van der Waals surface area contributed by atoms with Gasteiger partial charge in [-0.05, 0) is 42.7 Å².